The number of hydrogen-bond donors (Lipinski definition) is 1. The van der Waals surface area contributed by atoms with E-state index in [-0.39, 0.29) is 17.6 Å². The van der Waals surface area contributed by atoms with Gasteiger partial charge in [-0.1, -0.05) is 0 Å². The molecule has 1 fully saturated rings. The Labute approximate surface area is 164 Å². The molecule has 1 amide bonds. The maximum Gasteiger partial charge on any atom is 0.274 e. The van der Waals surface area contributed by atoms with Crippen LogP contribution in [0, 0.1) is 10.1 Å². The number of rotatable bonds is 4. The van der Waals surface area contributed by atoms with Crippen LogP contribution in [-0.4, -0.2) is 49.9 Å². The van der Waals surface area contributed by atoms with E-state index in [1.807, 2.05) is 17.8 Å². The third-order valence-corrected chi connectivity index (χ3v) is 5.60. The highest BCUT2D eigenvalue weighted by Gasteiger charge is 2.32. The number of aromatic nitrogens is 3. The first-order chi connectivity index (χ1) is 13.5. The number of hydrogen-bond acceptors (Lipinski definition) is 7. The lowest BCUT2D eigenvalue weighted by atomic mass is 10.1. The zero-order chi connectivity index (χ0) is 19.7. The van der Waals surface area contributed by atoms with Gasteiger partial charge in [0.05, 0.1) is 4.92 Å². The molecule has 1 N–H and O–H groups in total. The summed E-state index contributed by atoms with van der Waals surface area (Å²) in [6, 6.07) is 6.00. The van der Waals surface area contributed by atoms with Gasteiger partial charge in [-0.25, -0.2) is 9.97 Å². The molecule has 2 aromatic heterocycles. The van der Waals surface area contributed by atoms with Crippen LogP contribution in [0.1, 0.15) is 22.4 Å². The number of piperazine rings is 1. The molecule has 1 atom stereocenters. The monoisotopic (exact) mass is 398 g/mol. The summed E-state index contributed by atoms with van der Waals surface area (Å²) < 4.78 is 1.92. The molecule has 10 heteroatoms. The van der Waals surface area contributed by atoms with Crippen LogP contribution in [-0.2, 0) is 7.05 Å². The molecule has 0 radical (unpaired) electrons. The molecule has 1 aliphatic heterocycles. The lowest BCUT2D eigenvalue weighted by Crippen LogP contribution is -2.49. The standard InChI is InChI=1S/C18H18N6O3S/c1-22-8-7-20-16(22)15-10-19-6-9-23(15)18(25)14-11-28-17(21-14)12-2-4-13(5-3-12)24(26)27/h2-5,7-8,11,15,19H,6,9-10H2,1H3. The number of nitro benzene ring substituents is 1. The van der Waals surface area contributed by atoms with Crippen LogP contribution in [0.15, 0.2) is 42.0 Å². The number of benzene rings is 1. The summed E-state index contributed by atoms with van der Waals surface area (Å²) in [7, 11) is 1.91. The summed E-state index contributed by atoms with van der Waals surface area (Å²) in [6.45, 7) is 1.92. The number of carbonyl (C=O) groups is 1. The van der Waals surface area contributed by atoms with E-state index in [9.17, 15) is 14.9 Å². The average molecular weight is 398 g/mol. The van der Waals surface area contributed by atoms with E-state index in [0.717, 1.165) is 11.4 Å². The highest BCUT2D eigenvalue weighted by Crippen LogP contribution is 2.28. The number of nitrogens with zero attached hydrogens (tertiary/aromatic N) is 5. The smallest absolute Gasteiger partial charge is 0.274 e. The van der Waals surface area contributed by atoms with Crippen LogP contribution in [0.5, 0.6) is 0 Å². The van der Waals surface area contributed by atoms with E-state index in [4.69, 9.17) is 0 Å². The molecule has 144 valence electrons. The summed E-state index contributed by atoms with van der Waals surface area (Å²) in [5, 5.41) is 16.5. The van der Waals surface area contributed by atoms with E-state index < -0.39 is 4.92 Å². The van der Waals surface area contributed by atoms with Crippen molar-refractivity contribution < 1.29 is 9.72 Å². The summed E-state index contributed by atoms with van der Waals surface area (Å²) in [5.74, 6) is 0.685. The second-order valence-electron chi connectivity index (χ2n) is 6.46. The lowest BCUT2D eigenvalue weighted by molar-refractivity contribution is -0.384. The van der Waals surface area contributed by atoms with Crippen molar-refractivity contribution in [3.63, 3.8) is 0 Å². The number of aryl methyl sites for hydroxylation is 1. The maximum atomic E-state index is 13.1. The number of nitrogens with one attached hydrogen (secondary N) is 1. The molecule has 0 saturated carbocycles. The third-order valence-electron chi connectivity index (χ3n) is 4.71. The first-order valence-electron chi connectivity index (χ1n) is 8.74. The Hall–Kier alpha value is -3.11. The molecule has 0 bridgehead atoms. The van der Waals surface area contributed by atoms with Crippen molar-refractivity contribution in [3.05, 3.63) is 63.7 Å². The van der Waals surface area contributed by atoms with Crippen LogP contribution in [0.25, 0.3) is 10.6 Å². The van der Waals surface area contributed by atoms with E-state index in [0.29, 0.717) is 30.3 Å². The van der Waals surface area contributed by atoms with Crippen LogP contribution >= 0.6 is 11.3 Å². The number of amides is 1. The molecule has 1 saturated heterocycles. The van der Waals surface area contributed by atoms with Crippen molar-refractivity contribution in [2.45, 2.75) is 6.04 Å². The quantitative estimate of drug-likeness (QED) is 0.534. The normalized spacial score (nSPS) is 16.9. The Morgan fingerprint density at radius 2 is 2.14 bits per heavy atom. The molecule has 1 aliphatic rings. The van der Waals surface area contributed by atoms with E-state index in [1.165, 1.54) is 23.5 Å². The Balaban J connectivity index is 1.58. The largest absolute Gasteiger partial charge is 0.336 e. The van der Waals surface area contributed by atoms with E-state index >= 15 is 0 Å². The van der Waals surface area contributed by atoms with Gasteiger partial charge in [0.1, 0.15) is 22.6 Å². The van der Waals surface area contributed by atoms with Gasteiger partial charge in [-0.2, -0.15) is 0 Å². The zero-order valence-corrected chi connectivity index (χ0v) is 15.9. The molecule has 0 aliphatic carbocycles. The fourth-order valence-electron chi connectivity index (χ4n) is 3.25. The predicted molar refractivity (Wildman–Crippen MR) is 104 cm³/mol. The van der Waals surface area contributed by atoms with Crippen LogP contribution in [0.3, 0.4) is 0 Å². The minimum absolute atomic E-state index is 0.0235. The molecule has 28 heavy (non-hydrogen) atoms. The molecule has 3 heterocycles. The molecule has 9 nitrogen and oxygen atoms in total. The van der Waals surface area contributed by atoms with Crippen molar-refractivity contribution in [2.75, 3.05) is 19.6 Å². The van der Waals surface area contributed by atoms with Gasteiger partial charge in [-0.3, -0.25) is 14.9 Å². The van der Waals surface area contributed by atoms with Crippen LogP contribution in [0.2, 0.25) is 0 Å². The molecule has 4 rings (SSSR count). The van der Waals surface area contributed by atoms with Crippen LogP contribution < -0.4 is 5.32 Å². The van der Waals surface area contributed by atoms with E-state index in [2.05, 4.69) is 15.3 Å². The number of non-ortho nitro benzene ring substituents is 1. The Morgan fingerprint density at radius 3 is 2.82 bits per heavy atom. The number of thiazole rings is 1. The van der Waals surface area contributed by atoms with Crippen molar-refractivity contribution >= 4 is 22.9 Å². The molecule has 0 spiro atoms. The van der Waals surface area contributed by atoms with Gasteiger partial charge in [0.15, 0.2) is 0 Å². The zero-order valence-electron chi connectivity index (χ0n) is 15.1. The van der Waals surface area contributed by atoms with Crippen molar-refractivity contribution in [3.8, 4) is 10.6 Å². The van der Waals surface area contributed by atoms with Gasteiger partial charge >= 0.3 is 0 Å². The maximum absolute atomic E-state index is 13.1. The van der Waals surface area contributed by atoms with Gasteiger partial charge in [-0.15, -0.1) is 11.3 Å². The minimum Gasteiger partial charge on any atom is -0.336 e. The summed E-state index contributed by atoms with van der Waals surface area (Å²) in [5.41, 5.74) is 1.14. The Kier molecular flexibility index (Phi) is 4.88. The first-order valence-corrected chi connectivity index (χ1v) is 9.62. The number of imidazole rings is 1. The summed E-state index contributed by atoms with van der Waals surface area (Å²) >= 11 is 1.35. The fourth-order valence-corrected chi connectivity index (χ4v) is 4.05. The highest BCUT2D eigenvalue weighted by molar-refractivity contribution is 7.13. The Morgan fingerprint density at radius 1 is 1.36 bits per heavy atom. The molecule has 1 unspecified atom stereocenters. The average Bonchev–Trinajstić information content (AvgIpc) is 3.37. The molecular formula is C18H18N6O3S. The van der Waals surface area contributed by atoms with Gasteiger partial charge in [-0.05, 0) is 12.1 Å². The molecule has 1 aromatic carbocycles. The second-order valence-corrected chi connectivity index (χ2v) is 7.31. The van der Waals surface area contributed by atoms with Gasteiger partial charge < -0.3 is 14.8 Å². The van der Waals surface area contributed by atoms with Crippen molar-refractivity contribution in [1.29, 1.82) is 0 Å². The highest BCUT2D eigenvalue weighted by atomic mass is 32.1. The predicted octanol–water partition coefficient (Wildman–Crippen LogP) is 2.24. The molecule has 3 aromatic rings. The van der Waals surface area contributed by atoms with E-state index in [1.54, 1.807) is 28.6 Å². The fraction of sp³-hybridized carbons (Fsp3) is 0.278. The Bertz CT molecular complexity index is 1010. The van der Waals surface area contributed by atoms with Crippen molar-refractivity contribution in [1.82, 2.24) is 24.8 Å². The topological polar surface area (TPSA) is 106 Å². The summed E-state index contributed by atoms with van der Waals surface area (Å²) in [6.07, 6.45) is 3.59. The minimum atomic E-state index is -0.442. The summed E-state index contributed by atoms with van der Waals surface area (Å²) in [4.78, 5) is 34.2. The van der Waals surface area contributed by atoms with Crippen molar-refractivity contribution in [2.24, 2.45) is 7.05 Å². The number of carbonyl (C=O) groups excluding carboxylic acids is 1. The number of nitro groups is 1. The van der Waals surface area contributed by atoms with Gasteiger partial charge in [0.2, 0.25) is 0 Å². The third kappa shape index (κ3) is 3.39. The van der Waals surface area contributed by atoms with Crippen LogP contribution in [0.4, 0.5) is 5.69 Å². The molecular weight excluding hydrogens is 380 g/mol. The van der Waals surface area contributed by atoms with Gasteiger partial charge in [0.25, 0.3) is 11.6 Å². The lowest BCUT2D eigenvalue weighted by Gasteiger charge is -2.35. The van der Waals surface area contributed by atoms with Gasteiger partial charge in [0, 0.05) is 62.2 Å². The SMILES string of the molecule is Cn1ccnc1C1CNCCN1C(=O)c1csc(-c2ccc([N+](=O)[O-])cc2)n1. The second kappa shape index (κ2) is 7.49. The first kappa shape index (κ1) is 18.3.